The number of hydrogen-bond donors (Lipinski definition) is 1. The van der Waals surface area contributed by atoms with E-state index in [4.69, 9.17) is 11.6 Å². The SMILES string of the molecule is O=C(CSc1nc2ccccc2n1Cc1ccc(Cl)cc1)N/N=C\C=C\c1ccccc1[N+](=O)[O-]. The molecule has 1 aromatic heterocycles. The second-order valence-corrected chi connectivity index (χ2v) is 8.75. The van der Waals surface area contributed by atoms with Crippen molar-refractivity contribution in [2.45, 2.75) is 11.7 Å². The third-order valence-electron chi connectivity index (χ3n) is 4.96. The number of hydrogen-bond acceptors (Lipinski definition) is 6. The summed E-state index contributed by atoms with van der Waals surface area (Å²) >= 11 is 7.32. The number of rotatable bonds is 9. The topological polar surface area (TPSA) is 102 Å². The molecule has 3 aromatic carbocycles. The lowest BCUT2D eigenvalue weighted by atomic mass is 10.2. The van der Waals surface area contributed by atoms with Crippen LogP contribution in [-0.4, -0.2) is 32.3 Å². The first-order valence-corrected chi connectivity index (χ1v) is 11.9. The number of halogens is 1. The van der Waals surface area contributed by atoms with E-state index in [-0.39, 0.29) is 17.3 Å². The molecule has 0 saturated carbocycles. The summed E-state index contributed by atoms with van der Waals surface area (Å²) in [4.78, 5) is 27.6. The molecular weight excluding hydrogens is 486 g/mol. The molecule has 0 unspecified atom stereocenters. The number of allylic oxidation sites excluding steroid dienone is 1. The van der Waals surface area contributed by atoms with E-state index in [0.717, 1.165) is 21.8 Å². The normalized spacial score (nSPS) is 11.5. The number of carbonyl (C=O) groups excluding carboxylic acids is 1. The van der Waals surface area contributed by atoms with Gasteiger partial charge in [-0.15, -0.1) is 0 Å². The molecular formula is C25H20ClN5O3S. The Morgan fingerprint density at radius 3 is 2.66 bits per heavy atom. The molecule has 10 heteroatoms. The van der Waals surface area contributed by atoms with Gasteiger partial charge in [0.25, 0.3) is 11.6 Å². The maximum absolute atomic E-state index is 12.3. The molecule has 35 heavy (non-hydrogen) atoms. The van der Waals surface area contributed by atoms with Crippen molar-refractivity contribution in [2.75, 3.05) is 5.75 Å². The van der Waals surface area contributed by atoms with E-state index >= 15 is 0 Å². The smallest absolute Gasteiger partial charge is 0.276 e. The van der Waals surface area contributed by atoms with Crippen LogP contribution in [0.2, 0.25) is 5.02 Å². The van der Waals surface area contributed by atoms with Crippen LogP contribution in [0.1, 0.15) is 11.1 Å². The van der Waals surface area contributed by atoms with Gasteiger partial charge < -0.3 is 4.57 Å². The molecule has 4 rings (SSSR count). The number of hydrazone groups is 1. The molecule has 0 aliphatic carbocycles. The van der Waals surface area contributed by atoms with Crippen LogP contribution in [0.5, 0.6) is 0 Å². The lowest BCUT2D eigenvalue weighted by Crippen LogP contribution is -2.19. The Morgan fingerprint density at radius 1 is 1.11 bits per heavy atom. The van der Waals surface area contributed by atoms with E-state index in [0.29, 0.717) is 17.1 Å². The van der Waals surface area contributed by atoms with Gasteiger partial charge in [0, 0.05) is 17.3 Å². The minimum absolute atomic E-state index is 0.000857. The quantitative estimate of drug-likeness (QED) is 0.139. The summed E-state index contributed by atoms with van der Waals surface area (Å²) in [5.41, 5.74) is 5.80. The lowest BCUT2D eigenvalue weighted by Gasteiger charge is -2.09. The zero-order valence-electron chi connectivity index (χ0n) is 18.4. The summed E-state index contributed by atoms with van der Waals surface area (Å²) in [6.45, 7) is 0.593. The van der Waals surface area contributed by atoms with Gasteiger partial charge >= 0.3 is 0 Å². The highest BCUT2D eigenvalue weighted by Crippen LogP contribution is 2.25. The Bertz CT molecular complexity index is 1420. The van der Waals surface area contributed by atoms with Crippen molar-refractivity contribution in [3.8, 4) is 0 Å². The van der Waals surface area contributed by atoms with Gasteiger partial charge in [0.15, 0.2) is 5.16 Å². The number of amides is 1. The molecule has 0 saturated heterocycles. The first kappa shape index (κ1) is 24.2. The maximum Gasteiger partial charge on any atom is 0.276 e. The number of imidazole rings is 1. The van der Waals surface area contributed by atoms with Crippen molar-refractivity contribution in [3.63, 3.8) is 0 Å². The summed E-state index contributed by atoms with van der Waals surface area (Å²) in [5.74, 6) is -0.176. The van der Waals surface area contributed by atoms with Crippen molar-refractivity contribution in [2.24, 2.45) is 5.10 Å². The number of para-hydroxylation sites is 3. The molecule has 1 heterocycles. The Morgan fingerprint density at radius 2 is 1.86 bits per heavy atom. The van der Waals surface area contributed by atoms with E-state index in [1.165, 1.54) is 30.1 Å². The fraction of sp³-hybridized carbons (Fsp3) is 0.0800. The molecule has 1 N–H and O–H groups in total. The summed E-state index contributed by atoms with van der Waals surface area (Å²) < 4.78 is 2.06. The highest BCUT2D eigenvalue weighted by Gasteiger charge is 2.13. The minimum atomic E-state index is -0.448. The monoisotopic (exact) mass is 505 g/mol. The zero-order chi connectivity index (χ0) is 24.6. The molecule has 0 fully saturated rings. The van der Waals surface area contributed by atoms with Gasteiger partial charge in [-0.2, -0.15) is 5.10 Å². The number of nitrogens with one attached hydrogen (secondary N) is 1. The van der Waals surface area contributed by atoms with E-state index in [9.17, 15) is 14.9 Å². The molecule has 8 nitrogen and oxygen atoms in total. The van der Waals surface area contributed by atoms with E-state index in [2.05, 4.69) is 20.1 Å². The molecule has 0 aliphatic heterocycles. The number of fused-ring (bicyclic) bond motifs is 1. The van der Waals surface area contributed by atoms with E-state index < -0.39 is 4.92 Å². The van der Waals surface area contributed by atoms with Crippen molar-refractivity contribution in [1.82, 2.24) is 15.0 Å². The van der Waals surface area contributed by atoms with Crippen molar-refractivity contribution < 1.29 is 9.72 Å². The van der Waals surface area contributed by atoms with Crippen LogP contribution >= 0.6 is 23.4 Å². The van der Waals surface area contributed by atoms with Gasteiger partial charge in [-0.25, -0.2) is 10.4 Å². The van der Waals surface area contributed by atoms with Gasteiger partial charge in [0.05, 0.1) is 33.8 Å². The number of benzene rings is 3. The standard InChI is InChI=1S/C25H20ClN5O3S/c26-20-13-11-18(12-14-20)16-30-23-10-4-2-8-21(23)28-25(30)35-17-24(32)29-27-15-5-7-19-6-1-3-9-22(19)31(33)34/h1-15H,16-17H2,(H,29,32)/b7-5+,27-15-. The molecule has 1 amide bonds. The van der Waals surface area contributed by atoms with Crippen LogP contribution in [0.15, 0.2) is 89.1 Å². The lowest BCUT2D eigenvalue weighted by molar-refractivity contribution is -0.385. The fourth-order valence-corrected chi connectivity index (χ4v) is 4.28. The number of thioether (sulfide) groups is 1. The molecule has 0 radical (unpaired) electrons. The molecule has 0 bridgehead atoms. The largest absolute Gasteiger partial charge is 0.314 e. The summed E-state index contributed by atoms with van der Waals surface area (Å²) in [7, 11) is 0. The molecule has 176 valence electrons. The summed E-state index contributed by atoms with van der Waals surface area (Å²) in [6.07, 6.45) is 4.46. The summed E-state index contributed by atoms with van der Waals surface area (Å²) in [5, 5.41) is 16.3. The van der Waals surface area contributed by atoms with Gasteiger partial charge in [0.1, 0.15) is 0 Å². The molecule has 4 aromatic rings. The highest BCUT2D eigenvalue weighted by molar-refractivity contribution is 7.99. The highest BCUT2D eigenvalue weighted by atomic mass is 35.5. The Labute approximate surface area is 210 Å². The van der Waals surface area contributed by atoms with Crippen LogP contribution in [0.25, 0.3) is 17.1 Å². The van der Waals surface area contributed by atoms with Crippen LogP contribution in [0.4, 0.5) is 5.69 Å². The van der Waals surface area contributed by atoms with Crippen molar-refractivity contribution >= 4 is 58.3 Å². The second kappa shape index (κ2) is 11.5. The van der Waals surface area contributed by atoms with Crippen LogP contribution in [-0.2, 0) is 11.3 Å². The Kier molecular flexibility index (Phi) is 7.92. The zero-order valence-corrected chi connectivity index (χ0v) is 19.9. The van der Waals surface area contributed by atoms with E-state index in [1.807, 2.05) is 48.5 Å². The fourth-order valence-electron chi connectivity index (χ4n) is 3.34. The second-order valence-electron chi connectivity index (χ2n) is 7.37. The number of carbonyl (C=O) groups is 1. The molecule has 0 spiro atoms. The number of nitro groups is 1. The Hall–Kier alpha value is -3.95. The third kappa shape index (κ3) is 6.34. The van der Waals surface area contributed by atoms with Crippen LogP contribution in [0.3, 0.4) is 0 Å². The van der Waals surface area contributed by atoms with Gasteiger partial charge in [-0.05, 0) is 48.0 Å². The number of aromatic nitrogens is 2. The predicted molar refractivity (Wildman–Crippen MR) is 140 cm³/mol. The van der Waals surface area contributed by atoms with E-state index in [1.54, 1.807) is 24.3 Å². The maximum atomic E-state index is 12.3. The van der Waals surface area contributed by atoms with Gasteiger partial charge in [0.2, 0.25) is 0 Å². The number of nitro benzene ring substituents is 1. The predicted octanol–water partition coefficient (Wildman–Crippen LogP) is 5.55. The van der Waals surface area contributed by atoms with Gasteiger partial charge in [-0.3, -0.25) is 14.9 Å². The Balaban J connectivity index is 1.38. The average Bonchev–Trinajstić information content (AvgIpc) is 3.21. The van der Waals surface area contributed by atoms with Gasteiger partial charge in [-0.1, -0.05) is 59.8 Å². The van der Waals surface area contributed by atoms with Crippen LogP contribution < -0.4 is 5.43 Å². The molecule has 0 aliphatic rings. The van der Waals surface area contributed by atoms with Crippen molar-refractivity contribution in [1.29, 1.82) is 0 Å². The average molecular weight is 506 g/mol. The first-order chi connectivity index (χ1) is 17.0. The third-order valence-corrected chi connectivity index (χ3v) is 6.19. The molecule has 0 atom stereocenters. The van der Waals surface area contributed by atoms with Crippen molar-refractivity contribution in [3.05, 3.63) is 105 Å². The first-order valence-electron chi connectivity index (χ1n) is 10.6. The minimum Gasteiger partial charge on any atom is -0.314 e. The van der Waals surface area contributed by atoms with Crippen LogP contribution in [0, 0.1) is 10.1 Å². The number of nitrogens with zero attached hydrogens (tertiary/aromatic N) is 4. The summed E-state index contributed by atoms with van der Waals surface area (Å²) in [6, 6.07) is 21.8.